The van der Waals surface area contributed by atoms with Crippen LogP contribution in [0.1, 0.15) is 40.7 Å². The molecule has 3 rings (SSSR count). The van der Waals surface area contributed by atoms with Crippen molar-refractivity contribution in [1.82, 2.24) is 10.3 Å². The molecular formula is C22H25N3O2. The third-order valence-corrected chi connectivity index (χ3v) is 4.55. The van der Waals surface area contributed by atoms with E-state index in [9.17, 15) is 4.79 Å². The van der Waals surface area contributed by atoms with Gasteiger partial charge in [-0.05, 0) is 62.2 Å². The normalized spacial score (nSPS) is 11.8. The van der Waals surface area contributed by atoms with E-state index < -0.39 is 0 Å². The van der Waals surface area contributed by atoms with E-state index in [0.29, 0.717) is 12.1 Å². The fourth-order valence-corrected chi connectivity index (χ4v) is 2.95. The van der Waals surface area contributed by atoms with Gasteiger partial charge in [-0.3, -0.25) is 9.78 Å². The summed E-state index contributed by atoms with van der Waals surface area (Å²) in [6.45, 7) is 4.59. The van der Waals surface area contributed by atoms with Crippen LogP contribution in [0.5, 0.6) is 0 Å². The lowest BCUT2D eigenvalue weighted by molar-refractivity contribution is 0.0937. The van der Waals surface area contributed by atoms with Crippen molar-refractivity contribution >= 4 is 11.6 Å². The Morgan fingerprint density at radius 3 is 2.78 bits per heavy atom. The molecule has 0 saturated heterocycles. The summed E-state index contributed by atoms with van der Waals surface area (Å²) in [7, 11) is 0. The molecule has 1 aromatic carbocycles. The minimum atomic E-state index is -0.0547. The lowest BCUT2D eigenvalue weighted by Gasteiger charge is -2.16. The molecule has 0 bridgehead atoms. The van der Waals surface area contributed by atoms with Gasteiger partial charge in [0.1, 0.15) is 5.76 Å². The van der Waals surface area contributed by atoms with Crippen molar-refractivity contribution in [2.24, 2.45) is 0 Å². The van der Waals surface area contributed by atoms with E-state index in [4.69, 9.17) is 4.42 Å². The summed E-state index contributed by atoms with van der Waals surface area (Å²) in [5.41, 5.74) is 3.52. The predicted octanol–water partition coefficient (Wildman–Crippen LogP) is 4.35. The number of aryl methyl sites for hydroxylation is 1. The number of nitrogens with zero attached hydrogens (tertiary/aromatic N) is 1. The van der Waals surface area contributed by atoms with Gasteiger partial charge in [0.05, 0.1) is 18.5 Å². The van der Waals surface area contributed by atoms with Gasteiger partial charge in [0.15, 0.2) is 0 Å². The maximum Gasteiger partial charge on any atom is 0.251 e. The van der Waals surface area contributed by atoms with Crippen LogP contribution in [0.25, 0.3) is 0 Å². The van der Waals surface area contributed by atoms with Gasteiger partial charge < -0.3 is 15.1 Å². The molecule has 1 amide bonds. The molecule has 0 fully saturated rings. The van der Waals surface area contributed by atoms with Gasteiger partial charge in [-0.25, -0.2) is 0 Å². The first-order chi connectivity index (χ1) is 13.1. The average Bonchev–Trinajstić information content (AvgIpc) is 3.20. The highest BCUT2D eigenvalue weighted by Gasteiger charge is 2.14. The van der Waals surface area contributed by atoms with Gasteiger partial charge in [0.2, 0.25) is 0 Å². The molecule has 27 heavy (non-hydrogen) atoms. The Morgan fingerprint density at radius 2 is 2.04 bits per heavy atom. The van der Waals surface area contributed by atoms with Gasteiger partial charge in [-0.15, -0.1) is 0 Å². The number of amides is 1. The van der Waals surface area contributed by atoms with Crippen LogP contribution in [-0.2, 0) is 13.0 Å². The molecule has 5 nitrogen and oxygen atoms in total. The molecule has 0 radical (unpaired) electrons. The number of furan rings is 1. The Bertz CT molecular complexity index is 861. The lowest BCUT2D eigenvalue weighted by Crippen LogP contribution is -2.33. The summed E-state index contributed by atoms with van der Waals surface area (Å²) >= 11 is 0. The minimum absolute atomic E-state index is 0.0547. The Balaban J connectivity index is 1.59. The number of benzene rings is 1. The number of pyridine rings is 1. The highest BCUT2D eigenvalue weighted by Crippen LogP contribution is 2.20. The molecule has 2 heterocycles. The number of rotatable bonds is 8. The average molecular weight is 363 g/mol. The van der Waals surface area contributed by atoms with E-state index in [1.165, 1.54) is 0 Å². The molecule has 1 unspecified atom stereocenters. The second-order valence-corrected chi connectivity index (χ2v) is 6.65. The monoisotopic (exact) mass is 363 g/mol. The van der Waals surface area contributed by atoms with E-state index in [2.05, 4.69) is 15.6 Å². The quantitative estimate of drug-likeness (QED) is 0.624. The van der Waals surface area contributed by atoms with Crippen molar-refractivity contribution in [2.75, 3.05) is 5.32 Å². The molecule has 0 aliphatic heterocycles. The second-order valence-electron chi connectivity index (χ2n) is 6.65. The van der Waals surface area contributed by atoms with Crippen molar-refractivity contribution < 1.29 is 9.21 Å². The minimum Gasteiger partial charge on any atom is -0.469 e. The molecule has 3 aromatic rings. The first-order valence-electron chi connectivity index (χ1n) is 9.20. The maximum absolute atomic E-state index is 12.7. The zero-order valence-electron chi connectivity index (χ0n) is 15.7. The van der Waals surface area contributed by atoms with Crippen molar-refractivity contribution in [2.45, 2.75) is 39.3 Å². The fraction of sp³-hybridized carbons (Fsp3) is 0.273. The standard InChI is InChI=1S/C22H25N3O2/c1-16(11-12-19-8-6-14-27-19)25-22(26)20-9-5-10-21(17(20)2)24-15-18-7-3-4-13-23-18/h3-10,13-14,16,24H,11-12,15H2,1-2H3,(H,25,26). The summed E-state index contributed by atoms with van der Waals surface area (Å²) in [5.74, 6) is 0.883. The van der Waals surface area contributed by atoms with Crippen molar-refractivity contribution in [1.29, 1.82) is 0 Å². The number of anilines is 1. The Hall–Kier alpha value is -3.08. The van der Waals surface area contributed by atoms with Crippen LogP contribution < -0.4 is 10.6 Å². The summed E-state index contributed by atoms with van der Waals surface area (Å²) in [6, 6.07) is 15.5. The number of aromatic nitrogens is 1. The third-order valence-electron chi connectivity index (χ3n) is 4.55. The van der Waals surface area contributed by atoms with Crippen LogP contribution in [-0.4, -0.2) is 16.9 Å². The molecule has 1 atom stereocenters. The van der Waals surface area contributed by atoms with Gasteiger partial charge in [0, 0.05) is 29.9 Å². The number of carbonyl (C=O) groups is 1. The van der Waals surface area contributed by atoms with Gasteiger partial charge in [-0.2, -0.15) is 0 Å². The molecule has 0 aliphatic carbocycles. The Labute approximate surface area is 159 Å². The molecular weight excluding hydrogens is 338 g/mol. The van der Waals surface area contributed by atoms with E-state index >= 15 is 0 Å². The van der Waals surface area contributed by atoms with Gasteiger partial charge in [0.25, 0.3) is 5.91 Å². The van der Waals surface area contributed by atoms with Gasteiger partial charge >= 0.3 is 0 Å². The zero-order valence-corrected chi connectivity index (χ0v) is 15.7. The first-order valence-corrected chi connectivity index (χ1v) is 9.20. The van der Waals surface area contributed by atoms with Crippen molar-refractivity contribution in [3.63, 3.8) is 0 Å². The lowest BCUT2D eigenvalue weighted by atomic mass is 10.0. The van der Waals surface area contributed by atoms with Crippen LogP contribution >= 0.6 is 0 Å². The number of nitrogens with one attached hydrogen (secondary N) is 2. The van der Waals surface area contributed by atoms with Crippen LogP contribution in [0, 0.1) is 6.92 Å². The van der Waals surface area contributed by atoms with Crippen LogP contribution in [0.2, 0.25) is 0 Å². The first kappa shape index (κ1) is 18.7. The van der Waals surface area contributed by atoms with Crippen LogP contribution in [0.15, 0.2) is 65.4 Å². The van der Waals surface area contributed by atoms with Crippen molar-refractivity contribution in [3.05, 3.63) is 83.6 Å². The molecule has 0 spiro atoms. The summed E-state index contributed by atoms with van der Waals surface area (Å²) in [4.78, 5) is 17.0. The number of hydrogen-bond acceptors (Lipinski definition) is 4. The molecule has 2 aromatic heterocycles. The fourth-order valence-electron chi connectivity index (χ4n) is 2.95. The van der Waals surface area contributed by atoms with Crippen LogP contribution in [0.4, 0.5) is 5.69 Å². The molecule has 2 N–H and O–H groups in total. The highest BCUT2D eigenvalue weighted by atomic mass is 16.3. The summed E-state index contributed by atoms with van der Waals surface area (Å²) in [5, 5.41) is 6.45. The zero-order chi connectivity index (χ0) is 19.1. The predicted molar refractivity (Wildman–Crippen MR) is 107 cm³/mol. The molecule has 0 aliphatic rings. The SMILES string of the molecule is Cc1c(NCc2ccccn2)cccc1C(=O)NC(C)CCc1ccco1. The van der Waals surface area contributed by atoms with E-state index in [0.717, 1.165) is 35.5 Å². The molecule has 5 heteroatoms. The van der Waals surface area contributed by atoms with Crippen molar-refractivity contribution in [3.8, 4) is 0 Å². The Morgan fingerprint density at radius 1 is 1.15 bits per heavy atom. The van der Waals surface area contributed by atoms with Gasteiger partial charge in [-0.1, -0.05) is 12.1 Å². The summed E-state index contributed by atoms with van der Waals surface area (Å²) in [6.07, 6.45) is 5.08. The largest absolute Gasteiger partial charge is 0.469 e. The smallest absolute Gasteiger partial charge is 0.251 e. The Kier molecular flexibility index (Phi) is 6.26. The van der Waals surface area contributed by atoms with E-state index in [1.54, 1.807) is 12.5 Å². The maximum atomic E-state index is 12.7. The topological polar surface area (TPSA) is 67.2 Å². The van der Waals surface area contributed by atoms with Crippen LogP contribution in [0.3, 0.4) is 0 Å². The second kappa shape index (κ2) is 9.03. The van der Waals surface area contributed by atoms with E-state index in [1.807, 2.05) is 62.4 Å². The number of hydrogen-bond donors (Lipinski definition) is 2. The summed E-state index contributed by atoms with van der Waals surface area (Å²) < 4.78 is 5.35. The highest BCUT2D eigenvalue weighted by molar-refractivity contribution is 5.97. The third kappa shape index (κ3) is 5.20. The molecule has 140 valence electrons. The molecule has 0 saturated carbocycles. The number of carbonyl (C=O) groups excluding carboxylic acids is 1. The van der Waals surface area contributed by atoms with E-state index in [-0.39, 0.29) is 11.9 Å².